The van der Waals surface area contributed by atoms with Crippen LogP contribution in [0.15, 0.2) is 12.2 Å². The van der Waals surface area contributed by atoms with Gasteiger partial charge < -0.3 is 35.0 Å². The van der Waals surface area contributed by atoms with Crippen molar-refractivity contribution >= 4 is 5.78 Å². The summed E-state index contributed by atoms with van der Waals surface area (Å²) in [5.41, 5.74) is -0.539. The monoisotopic (exact) mass is 480 g/mol. The number of ether oxygens (including phenoxy) is 2. The zero-order valence-corrected chi connectivity index (χ0v) is 20.4. The van der Waals surface area contributed by atoms with Gasteiger partial charge in [0.2, 0.25) is 0 Å². The van der Waals surface area contributed by atoms with Gasteiger partial charge in [-0.3, -0.25) is 4.79 Å². The van der Waals surface area contributed by atoms with Gasteiger partial charge in [-0.1, -0.05) is 26.0 Å². The Labute approximate surface area is 201 Å². The fourth-order valence-electron chi connectivity index (χ4n) is 8.29. The third-order valence-corrected chi connectivity index (χ3v) is 10.2. The average molecular weight is 481 g/mol. The van der Waals surface area contributed by atoms with Gasteiger partial charge in [0.15, 0.2) is 6.29 Å². The number of Topliss-reactive ketones (excluding diaryl/α,β-unsaturated/α-hetero) is 1. The largest absolute Gasteiger partial charge is 0.394 e. The standard InChI is InChI=1S/C26H40O8/c1-12-14-7-18(34-23-21(30)20(29)19(28)17(10-27)33-23)24(2,3)22(31)15(14)9-26-8-13(5-6-16(12)26)25(4,32)11-26/h13-21,23,27-30,32H,1,5-11H2,2-4H3. The van der Waals surface area contributed by atoms with Crippen LogP contribution in [0, 0.1) is 34.5 Å². The van der Waals surface area contributed by atoms with E-state index >= 15 is 0 Å². The minimum atomic E-state index is -1.53. The number of aliphatic hydroxyl groups excluding tert-OH is 4. The van der Waals surface area contributed by atoms with E-state index in [1.165, 1.54) is 0 Å². The SMILES string of the molecule is C=C1C2CC(OC3OC(CO)C(O)C(O)C3O)C(C)(C)C(=O)C2CC23CC(CCC12)C(C)(O)C3. The number of aliphatic hydroxyl groups is 5. The number of carbonyl (C=O) groups is 1. The number of carbonyl (C=O) groups excluding carboxylic acids is 1. The first kappa shape index (κ1) is 24.8. The van der Waals surface area contributed by atoms with Crippen LogP contribution < -0.4 is 0 Å². The normalized spacial score (nSPS) is 54.5. The van der Waals surface area contributed by atoms with E-state index < -0.39 is 54.4 Å². The Morgan fingerprint density at radius 1 is 1.06 bits per heavy atom. The summed E-state index contributed by atoms with van der Waals surface area (Å²) in [6, 6.07) is 0. The number of ketones is 1. The lowest BCUT2D eigenvalue weighted by Crippen LogP contribution is -2.62. The van der Waals surface area contributed by atoms with Crippen molar-refractivity contribution in [3.05, 3.63) is 12.2 Å². The first-order valence-corrected chi connectivity index (χ1v) is 12.7. The Morgan fingerprint density at radius 3 is 2.44 bits per heavy atom. The molecule has 5 rings (SSSR count). The maximum atomic E-state index is 13.9. The number of hydrogen-bond acceptors (Lipinski definition) is 8. The molecule has 192 valence electrons. The molecule has 1 spiro atoms. The average Bonchev–Trinajstić information content (AvgIpc) is 2.97. The Morgan fingerprint density at radius 2 is 1.76 bits per heavy atom. The molecule has 0 amide bonds. The summed E-state index contributed by atoms with van der Waals surface area (Å²) in [6.45, 7) is 9.60. The van der Waals surface area contributed by atoms with Gasteiger partial charge in [-0.25, -0.2) is 0 Å². The Bertz CT molecular complexity index is 852. The lowest BCUT2D eigenvalue weighted by Gasteiger charge is -2.56. The van der Waals surface area contributed by atoms with E-state index in [0.717, 1.165) is 37.7 Å². The molecule has 8 heteroatoms. The van der Waals surface area contributed by atoms with E-state index in [1.807, 2.05) is 20.8 Å². The number of hydrogen-bond donors (Lipinski definition) is 5. The minimum Gasteiger partial charge on any atom is -0.394 e. The van der Waals surface area contributed by atoms with Crippen molar-refractivity contribution in [2.45, 2.75) is 102 Å². The first-order valence-electron chi connectivity index (χ1n) is 12.7. The molecule has 5 fully saturated rings. The van der Waals surface area contributed by atoms with Crippen LogP contribution in [0.1, 0.15) is 59.3 Å². The lowest BCUT2D eigenvalue weighted by atomic mass is 9.48. The summed E-state index contributed by atoms with van der Waals surface area (Å²) in [6.07, 6.45) is -2.47. The van der Waals surface area contributed by atoms with Gasteiger partial charge in [0.05, 0.1) is 18.3 Å². The molecular weight excluding hydrogens is 440 g/mol. The molecule has 1 aliphatic heterocycles. The highest BCUT2D eigenvalue weighted by Crippen LogP contribution is 2.68. The predicted molar refractivity (Wildman–Crippen MR) is 121 cm³/mol. The van der Waals surface area contributed by atoms with Crippen LogP contribution in [0.4, 0.5) is 0 Å². The molecule has 5 N–H and O–H groups in total. The molecule has 0 aromatic rings. The van der Waals surface area contributed by atoms with Crippen molar-refractivity contribution in [2.75, 3.05) is 6.61 Å². The zero-order chi connectivity index (χ0) is 24.8. The van der Waals surface area contributed by atoms with Crippen LogP contribution in [0.3, 0.4) is 0 Å². The molecule has 0 aromatic heterocycles. The summed E-state index contributed by atoms with van der Waals surface area (Å²) in [4.78, 5) is 13.9. The highest BCUT2D eigenvalue weighted by molar-refractivity contribution is 5.89. The smallest absolute Gasteiger partial charge is 0.187 e. The van der Waals surface area contributed by atoms with Gasteiger partial charge in [0.1, 0.15) is 30.2 Å². The van der Waals surface area contributed by atoms with Gasteiger partial charge in [-0.2, -0.15) is 0 Å². The van der Waals surface area contributed by atoms with Crippen molar-refractivity contribution in [3.8, 4) is 0 Å². The van der Waals surface area contributed by atoms with Gasteiger partial charge in [0, 0.05) is 11.3 Å². The Kier molecular flexibility index (Phi) is 5.89. The van der Waals surface area contributed by atoms with Crippen LogP contribution in [-0.2, 0) is 14.3 Å². The Hall–Kier alpha value is -0.870. The van der Waals surface area contributed by atoms with Crippen LogP contribution in [0.2, 0.25) is 0 Å². The van der Waals surface area contributed by atoms with Crippen molar-refractivity contribution in [3.63, 3.8) is 0 Å². The molecule has 8 nitrogen and oxygen atoms in total. The molecule has 12 atom stereocenters. The molecule has 1 saturated heterocycles. The van der Waals surface area contributed by atoms with Crippen LogP contribution in [0.5, 0.6) is 0 Å². The van der Waals surface area contributed by atoms with Crippen LogP contribution in [-0.4, -0.2) is 80.3 Å². The number of fused-ring (bicyclic) bond motifs is 2. The first-order chi connectivity index (χ1) is 15.8. The molecule has 12 unspecified atom stereocenters. The van der Waals surface area contributed by atoms with E-state index in [-0.39, 0.29) is 34.9 Å². The summed E-state index contributed by atoms with van der Waals surface area (Å²) in [5, 5.41) is 51.3. The molecule has 5 aliphatic rings. The highest BCUT2D eigenvalue weighted by Gasteiger charge is 2.64. The summed E-state index contributed by atoms with van der Waals surface area (Å²) in [5.74, 6) is 0.429. The number of allylic oxidation sites excluding steroid dienone is 1. The zero-order valence-electron chi connectivity index (χ0n) is 20.4. The molecule has 34 heavy (non-hydrogen) atoms. The second-order valence-electron chi connectivity index (χ2n) is 12.6. The van der Waals surface area contributed by atoms with Gasteiger partial charge >= 0.3 is 0 Å². The van der Waals surface area contributed by atoms with E-state index in [2.05, 4.69) is 6.58 Å². The fraction of sp³-hybridized carbons (Fsp3) is 0.885. The summed E-state index contributed by atoms with van der Waals surface area (Å²) in [7, 11) is 0. The maximum absolute atomic E-state index is 13.9. The quantitative estimate of drug-likeness (QED) is 0.297. The third kappa shape index (κ3) is 3.48. The second-order valence-corrected chi connectivity index (χ2v) is 12.6. The third-order valence-electron chi connectivity index (χ3n) is 10.2. The van der Waals surface area contributed by atoms with Crippen LogP contribution in [0.25, 0.3) is 0 Å². The van der Waals surface area contributed by atoms with E-state index in [1.54, 1.807) is 0 Å². The van der Waals surface area contributed by atoms with Crippen molar-refractivity contribution in [1.29, 1.82) is 0 Å². The van der Waals surface area contributed by atoms with E-state index in [4.69, 9.17) is 9.47 Å². The highest BCUT2D eigenvalue weighted by atomic mass is 16.7. The van der Waals surface area contributed by atoms with Gasteiger partial charge in [-0.05, 0) is 68.6 Å². The molecule has 1 heterocycles. The molecule has 4 saturated carbocycles. The van der Waals surface area contributed by atoms with Gasteiger partial charge in [-0.15, -0.1) is 0 Å². The summed E-state index contributed by atoms with van der Waals surface area (Å²) >= 11 is 0. The molecular formula is C26H40O8. The maximum Gasteiger partial charge on any atom is 0.187 e. The van der Waals surface area contributed by atoms with Crippen LogP contribution >= 0.6 is 0 Å². The predicted octanol–water partition coefficient (Wildman–Crippen LogP) is 0.920. The molecule has 0 aromatic carbocycles. The fourth-order valence-corrected chi connectivity index (χ4v) is 8.29. The Balaban J connectivity index is 1.39. The summed E-state index contributed by atoms with van der Waals surface area (Å²) < 4.78 is 11.7. The second kappa shape index (κ2) is 8.07. The van der Waals surface area contributed by atoms with E-state index in [0.29, 0.717) is 6.42 Å². The minimum absolute atomic E-state index is 0.0480. The molecule has 0 radical (unpaired) electrons. The van der Waals surface area contributed by atoms with E-state index in [9.17, 15) is 30.3 Å². The van der Waals surface area contributed by atoms with Crippen molar-refractivity contribution < 1.29 is 39.8 Å². The molecule has 4 aliphatic carbocycles. The van der Waals surface area contributed by atoms with Crippen molar-refractivity contribution in [2.24, 2.45) is 34.5 Å². The lowest BCUT2D eigenvalue weighted by molar-refractivity contribution is -0.320. The topological polar surface area (TPSA) is 137 Å². The van der Waals surface area contributed by atoms with Crippen molar-refractivity contribution in [1.82, 2.24) is 0 Å². The number of rotatable bonds is 3. The van der Waals surface area contributed by atoms with Gasteiger partial charge in [0.25, 0.3) is 0 Å². The molecule has 2 bridgehead atoms.